The Morgan fingerprint density at radius 2 is 2.35 bits per heavy atom. The molecule has 1 aromatic rings. The molecule has 0 aromatic heterocycles. The average molecular weight is 301 g/mol. The van der Waals surface area contributed by atoms with Crippen LogP contribution in [0.2, 0.25) is 5.02 Å². The number of carbonyl (C=O) groups is 1. The Hall–Kier alpha value is -1.82. The minimum absolute atomic E-state index is 0.0133. The highest BCUT2D eigenvalue weighted by Gasteiger charge is 2.36. The van der Waals surface area contributed by atoms with Crippen molar-refractivity contribution in [2.75, 3.05) is 12.3 Å². The van der Waals surface area contributed by atoms with Crippen molar-refractivity contribution in [3.05, 3.63) is 28.5 Å². The summed E-state index contributed by atoms with van der Waals surface area (Å²) in [4.78, 5) is 16.1. The Morgan fingerprint density at radius 3 is 3.00 bits per heavy atom. The third kappa shape index (κ3) is 3.01. The topological polar surface area (TPSA) is 73.9 Å². The van der Waals surface area contributed by atoms with Gasteiger partial charge in [0.25, 0.3) is 0 Å². The molecule has 5 nitrogen and oxygen atoms in total. The van der Waals surface area contributed by atoms with Gasteiger partial charge in [-0.3, -0.25) is 4.79 Å². The number of anilines is 1. The molecule has 0 aliphatic carbocycles. The summed E-state index contributed by atoms with van der Waals surface area (Å²) in [5.41, 5.74) is 5.80. The van der Waals surface area contributed by atoms with E-state index in [0.29, 0.717) is 17.7 Å². The molecule has 1 aromatic carbocycles. The number of hydrogen-bond donors (Lipinski definition) is 1. The van der Waals surface area contributed by atoms with Crippen molar-refractivity contribution in [3.8, 4) is 0 Å². The first-order chi connectivity index (χ1) is 9.31. The first-order valence-corrected chi connectivity index (χ1v) is 6.32. The third-order valence-corrected chi connectivity index (χ3v) is 3.21. The van der Waals surface area contributed by atoms with Crippen LogP contribution in [0, 0.1) is 5.82 Å². The van der Waals surface area contributed by atoms with Gasteiger partial charge in [0.05, 0.1) is 16.4 Å². The van der Waals surface area contributed by atoms with Crippen LogP contribution in [0.4, 0.5) is 10.1 Å². The largest absolute Gasteiger partial charge is 0.461 e. The maximum Gasteiger partial charge on any atom is 0.302 e. The molecule has 1 atom stereocenters. The number of halogens is 2. The zero-order valence-corrected chi connectivity index (χ0v) is 11.8. The van der Waals surface area contributed by atoms with Crippen LogP contribution in [0.3, 0.4) is 0 Å². The summed E-state index contributed by atoms with van der Waals surface area (Å²) in [6.45, 7) is 3.15. The van der Waals surface area contributed by atoms with Crippen LogP contribution in [0.15, 0.2) is 17.3 Å². The Morgan fingerprint density at radius 1 is 1.65 bits per heavy atom. The molecule has 2 N–H and O–H groups in total. The van der Waals surface area contributed by atoms with E-state index in [1.807, 2.05) is 0 Å². The molecule has 0 spiro atoms. The number of nitrogens with zero attached hydrogens (tertiary/aromatic N) is 1. The quantitative estimate of drug-likeness (QED) is 0.687. The predicted molar refractivity (Wildman–Crippen MR) is 73.1 cm³/mol. The average Bonchev–Trinajstić information content (AvgIpc) is 2.75. The van der Waals surface area contributed by atoms with E-state index in [0.717, 1.165) is 6.07 Å². The van der Waals surface area contributed by atoms with Crippen molar-refractivity contribution in [1.82, 2.24) is 0 Å². The lowest BCUT2D eigenvalue weighted by atomic mass is 9.96. The molecule has 1 aliphatic heterocycles. The van der Waals surface area contributed by atoms with Gasteiger partial charge in [-0.15, -0.1) is 0 Å². The summed E-state index contributed by atoms with van der Waals surface area (Å²) in [6.07, 6.45) is 0.380. The number of hydrogen-bond acceptors (Lipinski definition) is 5. The van der Waals surface area contributed by atoms with Gasteiger partial charge in [0.2, 0.25) is 0 Å². The molecule has 1 aliphatic rings. The van der Waals surface area contributed by atoms with Crippen LogP contribution < -0.4 is 5.73 Å². The van der Waals surface area contributed by atoms with E-state index in [1.54, 1.807) is 6.92 Å². The highest BCUT2D eigenvalue weighted by molar-refractivity contribution is 6.34. The van der Waals surface area contributed by atoms with Crippen LogP contribution in [0.1, 0.15) is 25.8 Å². The summed E-state index contributed by atoms with van der Waals surface area (Å²) in [6, 6.07) is 2.55. The fourth-order valence-electron chi connectivity index (χ4n) is 1.85. The Labute approximate surface area is 120 Å². The van der Waals surface area contributed by atoms with E-state index in [4.69, 9.17) is 26.9 Å². The van der Waals surface area contributed by atoms with Crippen LogP contribution >= 0.6 is 11.6 Å². The molecule has 0 radical (unpaired) electrons. The van der Waals surface area contributed by atoms with Gasteiger partial charge in [-0.25, -0.2) is 4.39 Å². The highest BCUT2D eigenvalue weighted by Crippen LogP contribution is 2.31. The number of nitrogen functional groups attached to an aromatic ring is 1. The van der Waals surface area contributed by atoms with Gasteiger partial charge in [-0.05, 0) is 19.1 Å². The molecule has 0 fully saturated rings. The molecule has 1 unspecified atom stereocenters. The fourth-order valence-corrected chi connectivity index (χ4v) is 2.11. The van der Waals surface area contributed by atoms with Crippen LogP contribution in [-0.4, -0.2) is 23.9 Å². The fraction of sp³-hybridized carbons (Fsp3) is 0.385. The van der Waals surface area contributed by atoms with E-state index in [2.05, 4.69) is 5.16 Å². The maximum absolute atomic E-state index is 13.3. The monoisotopic (exact) mass is 300 g/mol. The van der Waals surface area contributed by atoms with Crippen molar-refractivity contribution < 1.29 is 18.8 Å². The number of ether oxygens (including phenoxy) is 1. The Balaban J connectivity index is 2.17. The molecule has 7 heteroatoms. The summed E-state index contributed by atoms with van der Waals surface area (Å²) < 4.78 is 18.2. The van der Waals surface area contributed by atoms with Gasteiger partial charge in [0.15, 0.2) is 5.60 Å². The van der Waals surface area contributed by atoms with Crippen LogP contribution in [0.25, 0.3) is 0 Å². The molecular formula is C13H14ClFN2O3. The van der Waals surface area contributed by atoms with Gasteiger partial charge in [0, 0.05) is 18.9 Å². The number of esters is 1. The van der Waals surface area contributed by atoms with E-state index in [9.17, 15) is 9.18 Å². The van der Waals surface area contributed by atoms with Gasteiger partial charge in [0.1, 0.15) is 12.4 Å². The zero-order chi connectivity index (χ0) is 14.9. The van der Waals surface area contributed by atoms with Crippen molar-refractivity contribution in [1.29, 1.82) is 0 Å². The molecule has 0 saturated carbocycles. The lowest BCUT2D eigenvalue weighted by Gasteiger charge is -2.20. The van der Waals surface area contributed by atoms with Crippen LogP contribution in [-0.2, 0) is 14.4 Å². The first-order valence-electron chi connectivity index (χ1n) is 5.94. The van der Waals surface area contributed by atoms with Crippen LogP contribution in [0.5, 0.6) is 0 Å². The maximum atomic E-state index is 13.3. The molecule has 0 bridgehead atoms. The zero-order valence-electron chi connectivity index (χ0n) is 11.1. The Kier molecular flexibility index (Phi) is 3.85. The molecule has 20 heavy (non-hydrogen) atoms. The summed E-state index contributed by atoms with van der Waals surface area (Å²) in [5, 5.41) is 4.14. The minimum atomic E-state index is -0.756. The summed E-state index contributed by atoms with van der Waals surface area (Å²) in [5.74, 6) is -0.978. The highest BCUT2D eigenvalue weighted by atomic mass is 35.5. The second-order valence-electron chi connectivity index (χ2n) is 4.89. The van der Waals surface area contributed by atoms with E-state index >= 15 is 0 Å². The second-order valence-corrected chi connectivity index (χ2v) is 5.30. The Bertz CT molecular complexity index is 591. The number of nitrogens with two attached hydrogens (primary N) is 1. The van der Waals surface area contributed by atoms with Gasteiger partial charge < -0.3 is 15.3 Å². The SMILES string of the molecule is CC(=O)OCC1(C)CC(c2cc(N)c(F)cc2Cl)=NO1. The molecule has 108 valence electrons. The normalized spacial score (nSPS) is 21.3. The van der Waals surface area contributed by atoms with E-state index < -0.39 is 17.4 Å². The summed E-state index contributed by atoms with van der Waals surface area (Å²) in [7, 11) is 0. The van der Waals surface area contributed by atoms with E-state index in [1.165, 1.54) is 13.0 Å². The molecule has 0 amide bonds. The summed E-state index contributed by atoms with van der Waals surface area (Å²) >= 11 is 5.98. The third-order valence-electron chi connectivity index (χ3n) is 2.90. The number of benzene rings is 1. The number of oxime groups is 1. The first kappa shape index (κ1) is 14.6. The molecule has 1 heterocycles. The van der Waals surface area contributed by atoms with Crippen molar-refractivity contribution in [2.24, 2.45) is 5.16 Å². The van der Waals surface area contributed by atoms with Gasteiger partial charge in [-0.2, -0.15) is 0 Å². The molecule has 0 saturated heterocycles. The number of rotatable bonds is 3. The lowest BCUT2D eigenvalue weighted by molar-refractivity contribution is -0.149. The smallest absolute Gasteiger partial charge is 0.302 e. The predicted octanol–water partition coefficient (Wildman–Crippen LogP) is 2.51. The second kappa shape index (κ2) is 5.28. The molecule has 2 rings (SSSR count). The van der Waals surface area contributed by atoms with Gasteiger partial charge >= 0.3 is 5.97 Å². The standard InChI is InChI=1S/C13H14ClFN2O3/c1-7(18)19-6-13(2)5-12(17-20-13)8-3-11(16)10(15)4-9(8)14/h3-4H,5-6,16H2,1-2H3. The minimum Gasteiger partial charge on any atom is -0.461 e. The van der Waals surface area contributed by atoms with Gasteiger partial charge in [-0.1, -0.05) is 16.8 Å². The van der Waals surface area contributed by atoms with Crippen molar-refractivity contribution in [3.63, 3.8) is 0 Å². The number of carbonyl (C=O) groups excluding carboxylic acids is 1. The van der Waals surface area contributed by atoms with Crippen molar-refractivity contribution in [2.45, 2.75) is 25.9 Å². The van der Waals surface area contributed by atoms with E-state index in [-0.39, 0.29) is 17.3 Å². The van der Waals surface area contributed by atoms with Crippen molar-refractivity contribution >= 4 is 29.0 Å². The lowest BCUT2D eigenvalue weighted by Crippen LogP contribution is -2.32. The molecular weight excluding hydrogens is 287 g/mol.